The summed E-state index contributed by atoms with van der Waals surface area (Å²) in [5.41, 5.74) is 1.67. The van der Waals surface area contributed by atoms with Gasteiger partial charge in [0.2, 0.25) is 0 Å². The molecule has 0 aliphatic heterocycles. The Balaban J connectivity index is 2.30. The summed E-state index contributed by atoms with van der Waals surface area (Å²) in [6, 6.07) is 1.84. The van der Waals surface area contributed by atoms with Gasteiger partial charge in [-0.1, -0.05) is 6.92 Å². The predicted octanol–water partition coefficient (Wildman–Crippen LogP) is 0.267. The molecule has 0 amide bonds. The molecule has 0 saturated heterocycles. The quantitative estimate of drug-likeness (QED) is 0.618. The van der Waals surface area contributed by atoms with Crippen molar-refractivity contribution in [3.05, 3.63) is 38.3 Å². The Kier molecular flexibility index (Phi) is 2.70. The average molecular weight is 272 g/mol. The van der Waals surface area contributed by atoms with Gasteiger partial charge in [0.15, 0.2) is 5.65 Å². The highest BCUT2D eigenvalue weighted by Gasteiger charge is 2.13. The van der Waals surface area contributed by atoms with E-state index < -0.39 is 11.2 Å². The van der Waals surface area contributed by atoms with Gasteiger partial charge in [0.05, 0.1) is 11.4 Å². The van der Waals surface area contributed by atoms with Crippen LogP contribution in [0, 0.1) is 6.92 Å². The van der Waals surface area contributed by atoms with Crippen molar-refractivity contribution in [3.8, 4) is 11.4 Å². The maximum absolute atomic E-state index is 11.7. The maximum atomic E-state index is 11.7. The lowest BCUT2D eigenvalue weighted by atomic mass is 10.1. The molecule has 3 aromatic heterocycles. The summed E-state index contributed by atoms with van der Waals surface area (Å²) >= 11 is 0. The highest BCUT2D eigenvalue weighted by molar-refractivity contribution is 5.75. The number of hydrogen-bond donors (Lipinski definition) is 3. The minimum atomic E-state index is -0.583. The number of nitrogens with one attached hydrogen (secondary N) is 3. The molecule has 3 rings (SSSR count). The molecule has 0 unspecified atom stereocenters. The van der Waals surface area contributed by atoms with Crippen molar-refractivity contribution in [3.63, 3.8) is 0 Å². The van der Waals surface area contributed by atoms with Gasteiger partial charge in [-0.15, -0.1) is 0 Å². The van der Waals surface area contributed by atoms with Crippen LogP contribution in [0.5, 0.6) is 0 Å². The van der Waals surface area contributed by atoms with E-state index in [2.05, 4.69) is 30.1 Å². The first-order valence-electron chi connectivity index (χ1n) is 6.14. The van der Waals surface area contributed by atoms with Gasteiger partial charge in [-0.3, -0.25) is 14.8 Å². The van der Waals surface area contributed by atoms with Crippen molar-refractivity contribution in [1.29, 1.82) is 0 Å². The van der Waals surface area contributed by atoms with Crippen molar-refractivity contribution in [2.75, 3.05) is 0 Å². The molecular weight excluding hydrogens is 260 g/mol. The summed E-state index contributed by atoms with van der Waals surface area (Å²) < 4.78 is 0. The number of aromatic nitrogens is 6. The van der Waals surface area contributed by atoms with E-state index in [9.17, 15) is 9.59 Å². The van der Waals surface area contributed by atoms with Crippen molar-refractivity contribution in [1.82, 2.24) is 30.1 Å². The van der Waals surface area contributed by atoms with Crippen LogP contribution in [0.2, 0.25) is 0 Å². The van der Waals surface area contributed by atoms with Crippen LogP contribution >= 0.6 is 0 Å². The first-order valence-corrected chi connectivity index (χ1v) is 6.14. The zero-order valence-electron chi connectivity index (χ0n) is 10.9. The van der Waals surface area contributed by atoms with Crippen LogP contribution in [-0.2, 0) is 6.42 Å². The third-order valence-electron chi connectivity index (χ3n) is 2.97. The number of aromatic amines is 3. The molecule has 0 aliphatic rings. The van der Waals surface area contributed by atoms with Gasteiger partial charge in [-0.2, -0.15) is 10.2 Å². The van der Waals surface area contributed by atoms with E-state index in [0.717, 1.165) is 17.0 Å². The molecule has 8 heteroatoms. The molecule has 0 aliphatic carbocycles. The zero-order valence-corrected chi connectivity index (χ0v) is 10.9. The van der Waals surface area contributed by atoms with E-state index in [0.29, 0.717) is 12.2 Å². The molecule has 20 heavy (non-hydrogen) atoms. The molecular formula is C12H12N6O2. The van der Waals surface area contributed by atoms with E-state index in [-0.39, 0.29) is 11.2 Å². The molecule has 0 saturated carbocycles. The van der Waals surface area contributed by atoms with Crippen molar-refractivity contribution < 1.29 is 0 Å². The second-order valence-corrected chi connectivity index (χ2v) is 4.42. The van der Waals surface area contributed by atoms with E-state index in [4.69, 9.17) is 0 Å². The predicted molar refractivity (Wildman–Crippen MR) is 72.5 cm³/mol. The monoisotopic (exact) mass is 272 g/mol. The van der Waals surface area contributed by atoms with Crippen LogP contribution in [0.3, 0.4) is 0 Å². The van der Waals surface area contributed by atoms with Gasteiger partial charge in [-0.05, 0) is 19.4 Å². The Bertz CT molecular complexity index is 904. The fraction of sp³-hybridized carbons (Fsp3) is 0.250. The molecule has 0 atom stereocenters. The first-order chi connectivity index (χ1) is 9.58. The summed E-state index contributed by atoms with van der Waals surface area (Å²) in [5, 5.41) is 8.12. The fourth-order valence-corrected chi connectivity index (χ4v) is 2.04. The van der Waals surface area contributed by atoms with E-state index in [1.807, 2.05) is 19.9 Å². The average Bonchev–Trinajstić information content (AvgIpc) is 2.82. The van der Waals surface area contributed by atoms with Crippen LogP contribution < -0.4 is 11.2 Å². The normalized spacial score (nSPS) is 11.1. The number of imidazole rings is 1. The summed E-state index contributed by atoms with van der Waals surface area (Å²) in [5.74, 6) is 0.488. The molecule has 3 N–H and O–H groups in total. The lowest BCUT2D eigenvalue weighted by Gasteiger charge is -2.03. The lowest BCUT2D eigenvalue weighted by molar-refractivity contribution is 0.893. The minimum absolute atomic E-state index is 0.227. The van der Waals surface area contributed by atoms with Crippen molar-refractivity contribution in [2.24, 2.45) is 0 Å². The topological polar surface area (TPSA) is 120 Å². The van der Waals surface area contributed by atoms with Crippen LogP contribution in [0.1, 0.15) is 18.3 Å². The molecule has 0 bridgehead atoms. The molecule has 102 valence electrons. The van der Waals surface area contributed by atoms with E-state index in [1.165, 1.54) is 0 Å². The molecule has 3 heterocycles. The smallest absolute Gasteiger partial charge is 0.327 e. The Morgan fingerprint density at radius 3 is 2.70 bits per heavy atom. The number of hydrogen-bond acceptors (Lipinski definition) is 5. The zero-order chi connectivity index (χ0) is 14.3. The highest BCUT2D eigenvalue weighted by atomic mass is 16.2. The minimum Gasteiger partial charge on any atom is -0.332 e. The third-order valence-corrected chi connectivity index (χ3v) is 2.97. The summed E-state index contributed by atoms with van der Waals surface area (Å²) in [7, 11) is 0. The molecule has 0 spiro atoms. The van der Waals surface area contributed by atoms with Gasteiger partial charge in [-0.25, -0.2) is 9.78 Å². The lowest BCUT2D eigenvalue weighted by Crippen LogP contribution is -2.21. The number of aryl methyl sites for hydroxylation is 2. The van der Waals surface area contributed by atoms with E-state index in [1.54, 1.807) is 0 Å². The second kappa shape index (κ2) is 4.41. The number of nitrogens with zero attached hydrogens (tertiary/aromatic N) is 3. The van der Waals surface area contributed by atoms with Gasteiger partial charge in [0.1, 0.15) is 11.3 Å². The fourth-order valence-electron chi connectivity index (χ4n) is 2.04. The Hall–Kier alpha value is -2.77. The molecule has 0 fully saturated rings. The first kappa shape index (κ1) is 12.3. The van der Waals surface area contributed by atoms with Gasteiger partial charge >= 0.3 is 5.69 Å². The summed E-state index contributed by atoms with van der Waals surface area (Å²) in [6.45, 7) is 3.79. The maximum Gasteiger partial charge on any atom is 0.327 e. The third kappa shape index (κ3) is 1.91. The van der Waals surface area contributed by atoms with Crippen LogP contribution in [0.4, 0.5) is 0 Å². The number of fused-ring (bicyclic) bond motifs is 1. The van der Waals surface area contributed by atoms with Gasteiger partial charge in [0.25, 0.3) is 5.56 Å². The van der Waals surface area contributed by atoms with Crippen LogP contribution in [0.25, 0.3) is 22.6 Å². The van der Waals surface area contributed by atoms with Crippen molar-refractivity contribution in [2.45, 2.75) is 20.3 Å². The standard InChI is InChI=1S/C12H12N6O2/c1-3-7-6(4-5(2)17-18-7)9-13-8-10(14-9)15-12(20)16-11(8)19/h4H,3H2,1-2H3,(H3,13,14,15,16,19,20). The second-order valence-electron chi connectivity index (χ2n) is 4.42. The number of rotatable bonds is 2. The molecule has 0 radical (unpaired) electrons. The van der Waals surface area contributed by atoms with Crippen LogP contribution in [0.15, 0.2) is 15.7 Å². The Morgan fingerprint density at radius 1 is 1.15 bits per heavy atom. The van der Waals surface area contributed by atoms with Gasteiger partial charge < -0.3 is 4.98 Å². The SMILES string of the molecule is CCc1nnc(C)cc1-c1nc2[nH]c(=O)[nH]c(=O)c2[nH]1. The molecule has 3 aromatic rings. The van der Waals surface area contributed by atoms with Crippen molar-refractivity contribution >= 4 is 11.2 Å². The largest absolute Gasteiger partial charge is 0.332 e. The van der Waals surface area contributed by atoms with Crippen LogP contribution in [-0.4, -0.2) is 30.1 Å². The summed E-state index contributed by atoms with van der Waals surface area (Å²) in [6.07, 6.45) is 0.687. The number of H-pyrrole nitrogens is 3. The summed E-state index contributed by atoms with van der Waals surface area (Å²) in [4.78, 5) is 34.7. The Morgan fingerprint density at radius 2 is 1.95 bits per heavy atom. The van der Waals surface area contributed by atoms with E-state index >= 15 is 0 Å². The molecule has 0 aromatic carbocycles. The molecule has 8 nitrogen and oxygen atoms in total. The Labute approximate surface area is 112 Å². The highest BCUT2D eigenvalue weighted by Crippen LogP contribution is 2.21. The van der Waals surface area contributed by atoms with Gasteiger partial charge in [0, 0.05) is 5.56 Å².